The summed E-state index contributed by atoms with van der Waals surface area (Å²) in [6.07, 6.45) is 5.04. The van der Waals surface area contributed by atoms with Crippen LogP contribution in [0.1, 0.15) is 52.9 Å². The van der Waals surface area contributed by atoms with Crippen molar-refractivity contribution in [2.24, 2.45) is 0 Å². The zero-order valence-corrected chi connectivity index (χ0v) is 11.5. The van der Waals surface area contributed by atoms with Crippen molar-refractivity contribution in [2.45, 2.75) is 70.1 Å². The molecule has 0 unspecified atom stereocenters. The van der Waals surface area contributed by atoms with Gasteiger partial charge in [0.15, 0.2) is 0 Å². The molecule has 0 bridgehead atoms. The van der Waals surface area contributed by atoms with E-state index in [4.69, 9.17) is 9.47 Å². The average Bonchev–Trinajstić information content (AvgIpc) is 2.85. The minimum atomic E-state index is -0.469. The second-order valence-electron chi connectivity index (χ2n) is 6.23. The second kappa shape index (κ2) is 5.05. The lowest BCUT2D eigenvalue weighted by atomic mass is 9.94. The molecular formula is C13H24N2O3. The van der Waals surface area contributed by atoms with Gasteiger partial charge in [-0.25, -0.2) is 10.2 Å². The minimum absolute atomic E-state index is 0.0605. The van der Waals surface area contributed by atoms with E-state index in [2.05, 4.69) is 10.9 Å². The van der Waals surface area contributed by atoms with E-state index in [0.717, 1.165) is 38.7 Å². The fourth-order valence-corrected chi connectivity index (χ4v) is 2.89. The number of carbonyl (C=O) groups is 1. The van der Waals surface area contributed by atoms with Gasteiger partial charge in [0, 0.05) is 6.61 Å². The number of hydrogen-bond acceptors (Lipinski definition) is 4. The number of hydrogen-bond donors (Lipinski definition) is 2. The number of hydrazine groups is 1. The molecule has 1 saturated carbocycles. The Balaban J connectivity index is 1.81. The molecule has 104 valence electrons. The molecule has 5 nitrogen and oxygen atoms in total. The van der Waals surface area contributed by atoms with Gasteiger partial charge in [0.2, 0.25) is 0 Å². The Hall–Kier alpha value is -0.810. The highest BCUT2D eigenvalue weighted by molar-refractivity contribution is 5.67. The molecule has 0 aromatic heterocycles. The lowest BCUT2D eigenvalue weighted by Gasteiger charge is -2.31. The fraction of sp³-hybridized carbons (Fsp3) is 0.923. The van der Waals surface area contributed by atoms with Crippen molar-refractivity contribution in [3.05, 3.63) is 0 Å². The van der Waals surface area contributed by atoms with Gasteiger partial charge in [-0.15, -0.1) is 0 Å². The molecule has 1 amide bonds. The van der Waals surface area contributed by atoms with Crippen molar-refractivity contribution >= 4 is 6.09 Å². The number of rotatable bonds is 2. The Morgan fingerprint density at radius 2 is 2.06 bits per heavy atom. The number of nitrogens with one attached hydrogen (secondary N) is 2. The molecule has 5 heteroatoms. The van der Waals surface area contributed by atoms with E-state index in [-0.39, 0.29) is 11.6 Å². The Bertz CT molecular complexity index is 300. The van der Waals surface area contributed by atoms with Crippen LogP contribution in [0.5, 0.6) is 0 Å². The average molecular weight is 256 g/mol. The van der Waals surface area contributed by atoms with E-state index >= 15 is 0 Å². The zero-order chi connectivity index (χ0) is 13.2. The van der Waals surface area contributed by atoms with Crippen molar-refractivity contribution in [3.63, 3.8) is 0 Å². The number of carbonyl (C=O) groups excluding carboxylic acids is 1. The summed E-state index contributed by atoms with van der Waals surface area (Å²) in [6, 6.07) is 0.201. The second-order valence-corrected chi connectivity index (χ2v) is 6.23. The van der Waals surface area contributed by atoms with Crippen LogP contribution < -0.4 is 10.9 Å². The SMILES string of the molecule is CC(C)(C)OC(=O)NN[C@@H]1CCC[C@]12CCCO2. The molecule has 1 heterocycles. The predicted octanol–water partition coefficient (Wildman–Crippen LogP) is 2.12. The molecule has 0 radical (unpaired) electrons. The Morgan fingerprint density at radius 3 is 2.67 bits per heavy atom. The minimum Gasteiger partial charge on any atom is -0.443 e. The van der Waals surface area contributed by atoms with Crippen LogP contribution in [0.25, 0.3) is 0 Å². The molecule has 0 aromatic rings. The van der Waals surface area contributed by atoms with Crippen LogP contribution in [0.2, 0.25) is 0 Å². The Morgan fingerprint density at radius 1 is 1.33 bits per heavy atom. The first kappa shape index (κ1) is 13.6. The first-order valence-corrected chi connectivity index (χ1v) is 6.80. The van der Waals surface area contributed by atoms with Gasteiger partial charge in [-0.05, 0) is 52.9 Å². The van der Waals surface area contributed by atoms with E-state index in [1.165, 1.54) is 0 Å². The summed E-state index contributed by atoms with van der Waals surface area (Å²) in [5, 5.41) is 0. The molecule has 2 aliphatic rings. The molecular weight excluding hydrogens is 232 g/mol. The van der Waals surface area contributed by atoms with Crippen LogP contribution in [-0.4, -0.2) is 29.9 Å². The molecule has 1 saturated heterocycles. The molecule has 2 atom stereocenters. The van der Waals surface area contributed by atoms with Gasteiger partial charge in [0.1, 0.15) is 5.60 Å². The molecule has 0 aromatic carbocycles. The Kier molecular flexibility index (Phi) is 3.82. The summed E-state index contributed by atoms with van der Waals surface area (Å²) in [5.41, 5.74) is 5.20. The predicted molar refractivity (Wildman–Crippen MR) is 68.1 cm³/mol. The van der Waals surface area contributed by atoms with E-state index in [1.807, 2.05) is 20.8 Å². The monoisotopic (exact) mass is 256 g/mol. The maximum Gasteiger partial charge on any atom is 0.422 e. The van der Waals surface area contributed by atoms with Crippen LogP contribution >= 0.6 is 0 Å². The van der Waals surface area contributed by atoms with E-state index < -0.39 is 11.7 Å². The summed E-state index contributed by atoms with van der Waals surface area (Å²) < 4.78 is 11.1. The van der Waals surface area contributed by atoms with E-state index in [1.54, 1.807) is 0 Å². The maximum atomic E-state index is 11.6. The molecule has 1 spiro atoms. The molecule has 2 rings (SSSR count). The third-order valence-corrected chi connectivity index (χ3v) is 3.61. The third kappa shape index (κ3) is 3.14. The van der Waals surface area contributed by atoms with Gasteiger partial charge >= 0.3 is 6.09 Å². The lowest BCUT2D eigenvalue weighted by Crippen LogP contribution is -2.54. The van der Waals surface area contributed by atoms with Gasteiger partial charge in [-0.3, -0.25) is 5.43 Å². The summed E-state index contributed by atoms with van der Waals surface area (Å²) in [6.45, 7) is 6.39. The third-order valence-electron chi connectivity index (χ3n) is 3.61. The van der Waals surface area contributed by atoms with Crippen LogP contribution in [0.15, 0.2) is 0 Å². The van der Waals surface area contributed by atoms with Crippen LogP contribution in [0.4, 0.5) is 4.79 Å². The van der Waals surface area contributed by atoms with E-state index in [0.29, 0.717) is 0 Å². The highest BCUT2D eigenvalue weighted by Crippen LogP contribution is 2.40. The highest BCUT2D eigenvalue weighted by Gasteiger charge is 2.46. The largest absolute Gasteiger partial charge is 0.443 e. The highest BCUT2D eigenvalue weighted by atomic mass is 16.6. The van der Waals surface area contributed by atoms with Gasteiger partial charge in [0.25, 0.3) is 0 Å². The summed E-state index contributed by atoms with van der Waals surface area (Å²) >= 11 is 0. The lowest BCUT2D eigenvalue weighted by molar-refractivity contribution is -0.0163. The van der Waals surface area contributed by atoms with Gasteiger partial charge in [0.05, 0.1) is 11.6 Å². The summed E-state index contributed by atoms with van der Waals surface area (Å²) in [7, 11) is 0. The molecule has 18 heavy (non-hydrogen) atoms. The normalized spacial score (nSPS) is 31.8. The standard InChI is InChI=1S/C13H24N2O3/c1-12(2,3)18-11(16)15-14-10-6-4-7-13(10)8-5-9-17-13/h10,14H,4-9H2,1-3H3,(H,15,16)/t10-,13+/m1/s1. The first-order chi connectivity index (χ1) is 8.41. The molecule has 2 fully saturated rings. The van der Waals surface area contributed by atoms with Gasteiger partial charge in [-0.1, -0.05) is 0 Å². The van der Waals surface area contributed by atoms with Crippen molar-refractivity contribution < 1.29 is 14.3 Å². The topological polar surface area (TPSA) is 59.6 Å². The van der Waals surface area contributed by atoms with Crippen molar-refractivity contribution in [2.75, 3.05) is 6.61 Å². The number of amides is 1. The summed E-state index contributed by atoms with van der Waals surface area (Å²) in [5.74, 6) is 0. The van der Waals surface area contributed by atoms with Crippen molar-refractivity contribution in [3.8, 4) is 0 Å². The fourth-order valence-electron chi connectivity index (χ4n) is 2.89. The number of ether oxygens (including phenoxy) is 2. The first-order valence-electron chi connectivity index (χ1n) is 6.80. The van der Waals surface area contributed by atoms with Crippen LogP contribution in [-0.2, 0) is 9.47 Å². The van der Waals surface area contributed by atoms with Crippen molar-refractivity contribution in [1.29, 1.82) is 0 Å². The molecule has 2 N–H and O–H groups in total. The van der Waals surface area contributed by atoms with Crippen molar-refractivity contribution in [1.82, 2.24) is 10.9 Å². The van der Waals surface area contributed by atoms with Gasteiger partial charge < -0.3 is 9.47 Å². The van der Waals surface area contributed by atoms with Crippen LogP contribution in [0, 0.1) is 0 Å². The van der Waals surface area contributed by atoms with Crippen LogP contribution in [0.3, 0.4) is 0 Å². The quantitative estimate of drug-likeness (QED) is 0.743. The molecule has 1 aliphatic carbocycles. The van der Waals surface area contributed by atoms with Gasteiger partial charge in [-0.2, -0.15) is 0 Å². The van der Waals surface area contributed by atoms with E-state index in [9.17, 15) is 4.79 Å². The maximum absolute atomic E-state index is 11.6. The smallest absolute Gasteiger partial charge is 0.422 e. The summed E-state index contributed by atoms with van der Waals surface area (Å²) in [4.78, 5) is 11.6. The molecule has 1 aliphatic heterocycles. The Labute approximate surface area is 109 Å². The zero-order valence-electron chi connectivity index (χ0n) is 11.5.